The van der Waals surface area contributed by atoms with Crippen molar-refractivity contribution in [3.63, 3.8) is 0 Å². The molecule has 0 unspecified atom stereocenters. The summed E-state index contributed by atoms with van der Waals surface area (Å²) in [6.07, 6.45) is -0.0757. The molecule has 0 amide bonds. The van der Waals surface area contributed by atoms with E-state index in [1.807, 2.05) is 0 Å². The second-order valence-electron chi connectivity index (χ2n) is 2.65. The minimum absolute atomic E-state index is 0.0757. The molecule has 0 atom stereocenters. The Labute approximate surface area is 87.9 Å². The predicted octanol–water partition coefficient (Wildman–Crippen LogP) is 1.20. The van der Waals surface area contributed by atoms with Crippen molar-refractivity contribution in [3.8, 4) is 0 Å². The topological polar surface area (TPSA) is 94.3 Å². The number of carbonyl (C=O) groups excluding carboxylic acids is 1. The van der Waals surface area contributed by atoms with Gasteiger partial charge in [-0.15, -0.1) is 3.89 Å². The van der Waals surface area contributed by atoms with Gasteiger partial charge in [-0.3, -0.25) is 14.9 Å². The Bertz CT molecular complexity index is 568. The summed E-state index contributed by atoms with van der Waals surface area (Å²) in [5.74, 6) is -1.30. The van der Waals surface area contributed by atoms with Crippen molar-refractivity contribution in [1.29, 1.82) is 0 Å². The van der Waals surface area contributed by atoms with Crippen LogP contribution in [-0.2, 0) is 10.2 Å². The molecule has 9 heteroatoms. The summed E-state index contributed by atoms with van der Waals surface area (Å²) in [7, 11) is -5.40. The van der Waals surface area contributed by atoms with Gasteiger partial charge in [0.25, 0.3) is 5.69 Å². The van der Waals surface area contributed by atoms with Crippen molar-refractivity contribution in [1.82, 2.24) is 0 Å². The average Bonchev–Trinajstić information content (AvgIpc) is 2.15. The molecule has 0 N–H and O–H groups in total. The standard InChI is InChI=1S/C7H3F2NO5S/c8-5-2-6(10(12)13)7(16(9,14)15)1-4(5)3-11/h1-3H. The molecular weight excluding hydrogens is 248 g/mol. The number of nitro groups is 1. The maximum atomic E-state index is 12.9. The lowest BCUT2D eigenvalue weighted by molar-refractivity contribution is -0.388. The third-order valence-corrected chi connectivity index (χ3v) is 2.52. The normalized spacial score (nSPS) is 11.1. The quantitative estimate of drug-likeness (QED) is 0.348. The molecule has 6 nitrogen and oxygen atoms in total. The Morgan fingerprint density at radius 2 is 1.94 bits per heavy atom. The number of nitro benzene ring substituents is 1. The summed E-state index contributed by atoms with van der Waals surface area (Å²) in [5.41, 5.74) is -2.03. The van der Waals surface area contributed by atoms with E-state index in [0.717, 1.165) is 0 Å². The van der Waals surface area contributed by atoms with Gasteiger partial charge in [-0.25, -0.2) is 4.39 Å². The summed E-state index contributed by atoms with van der Waals surface area (Å²) in [5, 5.41) is 10.3. The van der Waals surface area contributed by atoms with Crippen LogP contribution in [-0.4, -0.2) is 19.6 Å². The van der Waals surface area contributed by atoms with Crippen molar-refractivity contribution in [2.24, 2.45) is 0 Å². The first-order chi connectivity index (χ1) is 7.27. The van der Waals surface area contributed by atoms with E-state index in [9.17, 15) is 31.6 Å². The van der Waals surface area contributed by atoms with E-state index in [2.05, 4.69) is 0 Å². The molecule has 0 saturated carbocycles. The Hall–Kier alpha value is -1.90. The lowest BCUT2D eigenvalue weighted by Crippen LogP contribution is -2.02. The van der Waals surface area contributed by atoms with Gasteiger partial charge in [0.2, 0.25) is 0 Å². The second kappa shape index (κ2) is 3.93. The highest BCUT2D eigenvalue weighted by Crippen LogP contribution is 2.27. The average molecular weight is 251 g/mol. The number of carbonyl (C=O) groups is 1. The monoisotopic (exact) mass is 251 g/mol. The van der Waals surface area contributed by atoms with Crippen LogP contribution in [0.15, 0.2) is 17.0 Å². The minimum atomic E-state index is -5.40. The van der Waals surface area contributed by atoms with Gasteiger partial charge in [-0.2, -0.15) is 8.42 Å². The van der Waals surface area contributed by atoms with E-state index < -0.39 is 37.1 Å². The fourth-order valence-corrected chi connectivity index (χ4v) is 1.64. The molecule has 0 aliphatic heterocycles. The Morgan fingerprint density at radius 1 is 1.38 bits per heavy atom. The number of hydrogen-bond donors (Lipinski definition) is 0. The first kappa shape index (κ1) is 12.2. The van der Waals surface area contributed by atoms with E-state index in [0.29, 0.717) is 0 Å². The van der Waals surface area contributed by atoms with Crippen LogP contribution in [0.4, 0.5) is 14.0 Å². The highest BCUT2D eigenvalue weighted by Gasteiger charge is 2.27. The SMILES string of the molecule is O=Cc1cc(S(=O)(=O)F)c([N+](=O)[O-])cc1F. The molecule has 0 aromatic heterocycles. The van der Waals surface area contributed by atoms with Crippen LogP contribution in [0, 0.1) is 15.9 Å². The molecule has 0 radical (unpaired) electrons. The number of nitrogens with zero attached hydrogens (tertiary/aromatic N) is 1. The smallest absolute Gasteiger partial charge is 0.298 e. The van der Waals surface area contributed by atoms with Gasteiger partial charge < -0.3 is 0 Å². The number of aldehydes is 1. The van der Waals surface area contributed by atoms with E-state index in [1.165, 1.54) is 0 Å². The van der Waals surface area contributed by atoms with Crippen molar-refractivity contribution < 1.29 is 26.4 Å². The molecule has 0 aliphatic carbocycles. The first-order valence-electron chi connectivity index (χ1n) is 3.65. The van der Waals surface area contributed by atoms with Crippen molar-refractivity contribution in [2.75, 3.05) is 0 Å². The molecule has 0 spiro atoms. The Balaban J connectivity index is 3.69. The number of benzene rings is 1. The third kappa shape index (κ3) is 2.19. The van der Waals surface area contributed by atoms with Crippen LogP contribution in [0.5, 0.6) is 0 Å². The van der Waals surface area contributed by atoms with E-state index in [4.69, 9.17) is 0 Å². The Morgan fingerprint density at radius 3 is 2.31 bits per heavy atom. The lowest BCUT2D eigenvalue weighted by atomic mass is 10.2. The van der Waals surface area contributed by atoms with E-state index in [1.54, 1.807) is 0 Å². The van der Waals surface area contributed by atoms with Gasteiger partial charge in [0.15, 0.2) is 11.2 Å². The van der Waals surface area contributed by atoms with Gasteiger partial charge in [-0.05, 0) is 6.07 Å². The van der Waals surface area contributed by atoms with Gasteiger partial charge in [-0.1, -0.05) is 0 Å². The summed E-state index contributed by atoms with van der Waals surface area (Å²) in [6.45, 7) is 0. The third-order valence-electron chi connectivity index (χ3n) is 1.66. The van der Waals surface area contributed by atoms with Crippen LogP contribution in [0.1, 0.15) is 10.4 Å². The second-order valence-corrected chi connectivity index (χ2v) is 3.97. The zero-order chi connectivity index (χ0) is 12.5. The van der Waals surface area contributed by atoms with Crippen LogP contribution >= 0.6 is 0 Å². The zero-order valence-corrected chi connectivity index (χ0v) is 8.20. The molecule has 86 valence electrons. The first-order valence-corrected chi connectivity index (χ1v) is 5.03. The molecule has 0 fully saturated rings. The maximum absolute atomic E-state index is 12.9. The van der Waals surface area contributed by atoms with Gasteiger partial charge >= 0.3 is 10.2 Å². The van der Waals surface area contributed by atoms with Crippen molar-refractivity contribution in [3.05, 3.63) is 33.6 Å². The molecule has 0 bridgehead atoms. The molecule has 0 heterocycles. The van der Waals surface area contributed by atoms with Crippen molar-refractivity contribution in [2.45, 2.75) is 4.90 Å². The molecule has 1 aromatic carbocycles. The maximum Gasteiger partial charge on any atom is 0.338 e. The minimum Gasteiger partial charge on any atom is -0.298 e. The summed E-state index contributed by atoms with van der Waals surface area (Å²) >= 11 is 0. The summed E-state index contributed by atoms with van der Waals surface area (Å²) < 4.78 is 46.6. The highest BCUT2D eigenvalue weighted by molar-refractivity contribution is 7.86. The van der Waals surface area contributed by atoms with Crippen LogP contribution in [0.2, 0.25) is 0 Å². The molecule has 0 aliphatic rings. The van der Waals surface area contributed by atoms with E-state index in [-0.39, 0.29) is 18.4 Å². The predicted molar refractivity (Wildman–Crippen MR) is 46.7 cm³/mol. The summed E-state index contributed by atoms with van der Waals surface area (Å²) in [6, 6.07) is 0.450. The fraction of sp³-hybridized carbons (Fsp3) is 0. The molecule has 1 rings (SSSR count). The van der Waals surface area contributed by atoms with Gasteiger partial charge in [0, 0.05) is 0 Å². The largest absolute Gasteiger partial charge is 0.338 e. The van der Waals surface area contributed by atoms with Crippen molar-refractivity contribution >= 4 is 22.2 Å². The number of hydrogen-bond acceptors (Lipinski definition) is 5. The fourth-order valence-electron chi connectivity index (χ4n) is 0.987. The van der Waals surface area contributed by atoms with Gasteiger partial charge in [0.1, 0.15) is 5.82 Å². The molecule has 16 heavy (non-hydrogen) atoms. The highest BCUT2D eigenvalue weighted by atomic mass is 32.3. The van der Waals surface area contributed by atoms with Gasteiger partial charge in [0.05, 0.1) is 16.6 Å². The van der Waals surface area contributed by atoms with Crippen LogP contribution in [0.3, 0.4) is 0 Å². The van der Waals surface area contributed by atoms with Crippen LogP contribution < -0.4 is 0 Å². The number of rotatable bonds is 3. The molecular formula is C7H3F2NO5S. The number of halogens is 2. The van der Waals surface area contributed by atoms with E-state index >= 15 is 0 Å². The zero-order valence-electron chi connectivity index (χ0n) is 7.38. The van der Waals surface area contributed by atoms with Crippen LogP contribution in [0.25, 0.3) is 0 Å². The molecule has 0 saturated heterocycles. The lowest BCUT2D eigenvalue weighted by Gasteiger charge is -2.00. The summed E-state index contributed by atoms with van der Waals surface area (Å²) in [4.78, 5) is 18.0. The Kier molecular flexibility index (Phi) is 2.99. The molecule has 1 aromatic rings.